The highest BCUT2D eigenvalue weighted by Gasteiger charge is 2.22. The van der Waals surface area contributed by atoms with E-state index in [0.717, 1.165) is 11.1 Å². The van der Waals surface area contributed by atoms with E-state index in [1.165, 1.54) is 19.2 Å². The minimum atomic E-state index is -0.809. The third-order valence-corrected chi connectivity index (χ3v) is 3.38. The molecule has 0 spiro atoms. The summed E-state index contributed by atoms with van der Waals surface area (Å²) in [4.78, 5) is 24.2. The van der Waals surface area contributed by atoms with Crippen molar-refractivity contribution in [3.63, 3.8) is 0 Å². The number of phenolic OH excluding ortho intramolecular Hbond substituents is 1. The quantitative estimate of drug-likeness (QED) is 0.829. The molecule has 5 nitrogen and oxygen atoms in total. The van der Waals surface area contributed by atoms with E-state index >= 15 is 0 Å². The van der Waals surface area contributed by atoms with E-state index in [2.05, 4.69) is 12.2 Å². The molecular formula is C18H18NO4. The van der Waals surface area contributed by atoms with E-state index in [1.54, 1.807) is 36.4 Å². The Morgan fingerprint density at radius 3 is 2.30 bits per heavy atom. The van der Waals surface area contributed by atoms with Gasteiger partial charge in [-0.1, -0.05) is 24.3 Å². The van der Waals surface area contributed by atoms with Gasteiger partial charge < -0.3 is 15.2 Å². The summed E-state index contributed by atoms with van der Waals surface area (Å²) < 4.78 is 4.75. The standard InChI is InChI=1S/C18H18NO4/c1-12-3-7-14(8-4-12)17(21)19-16(18(22)23-2)11-13-5-9-15(20)10-6-13/h3-10,16,20H,1,11H2,2H3,(H,19,21). The van der Waals surface area contributed by atoms with Gasteiger partial charge in [0.25, 0.3) is 5.91 Å². The first-order chi connectivity index (χ1) is 11.0. The zero-order chi connectivity index (χ0) is 16.8. The van der Waals surface area contributed by atoms with E-state index < -0.39 is 12.0 Å². The molecular weight excluding hydrogens is 294 g/mol. The van der Waals surface area contributed by atoms with E-state index in [0.29, 0.717) is 5.56 Å². The van der Waals surface area contributed by atoms with E-state index in [4.69, 9.17) is 4.74 Å². The Balaban J connectivity index is 2.12. The summed E-state index contributed by atoms with van der Waals surface area (Å²) in [6.07, 6.45) is 0.270. The van der Waals surface area contributed by atoms with Gasteiger partial charge in [0.15, 0.2) is 0 Å². The molecule has 23 heavy (non-hydrogen) atoms. The summed E-state index contributed by atoms with van der Waals surface area (Å²) in [6, 6.07) is 12.4. The van der Waals surface area contributed by atoms with Crippen LogP contribution in [0, 0.1) is 6.92 Å². The molecule has 5 heteroatoms. The summed E-state index contributed by atoms with van der Waals surface area (Å²) in [5.41, 5.74) is 2.04. The van der Waals surface area contributed by atoms with Crippen LogP contribution < -0.4 is 5.32 Å². The van der Waals surface area contributed by atoms with Gasteiger partial charge in [-0.25, -0.2) is 4.79 Å². The van der Waals surface area contributed by atoms with Crippen molar-refractivity contribution >= 4 is 11.9 Å². The lowest BCUT2D eigenvalue weighted by atomic mass is 10.0. The second-order valence-corrected chi connectivity index (χ2v) is 5.12. The molecule has 2 N–H and O–H groups in total. The topological polar surface area (TPSA) is 75.6 Å². The number of nitrogens with one attached hydrogen (secondary N) is 1. The van der Waals surface area contributed by atoms with Crippen molar-refractivity contribution in [2.24, 2.45) is 0 Å². The molecule has 0 aliphatic carbocycles. The molecule has 0 saturated heterocycles. The Morgan fingerprint density at radius 2 is 1.74 bits per heavy atom. The molecule has 1 radical (unpaired) electrons. The highest BCUT2D eigenvalue weighted by atomic mass is 16.5. The van der Waals surface area contributed by atoms with Crippen molar-refractivity contribution in [1.82, 2.24) is 5.32 Å². The number of rotatable bonds is 5. The van der Waals surface area contributed by atoms with E-state index in [1.807, 2.05) is 0 Å². The SMILES string of the molecule is [CH2]c1ccc(C(=O)NC(Cc2ccc(O)cc2)C(=O)OC)cc1. The first-order valence-corrected chi connectivity index (χ1v) is 7.08. The maximum atomic E-state index is 12.3. The van der Waals surface area contributed by atoms with Gasteiger partial charge in [0, 0.05) is 12.0 Å². The lowest BCUT2D eigenvalue weighted by Gasteiger charge is -2.17. The molecule has 0 fully saturated rings. The van der Waals surface area contributed by atoms with Gasteiger partial charge in [-0.3, -0.25) is 4.79 Å². The van der Waals surface area contributed by atoms with Crippen LogP contribution in [-0.2, 0) is 16.0 Å². The number of ether oxygens (including phenoxy) is 1. The third kappa shape index (κ3) is 4.57. The second-order valence-electron chi connectivity index (χ2n) is 5.12. The summed E-state index contributed by atoms with van der Waals surface area (Å²) >= 11 is 0. The minimum absolute atomic E-state index is 0.140. The monoisotopic (exact) mass is 312 g/mol. The number of methoxy groups -OCH3 is 1. The Hall–Kier alpha value is -2.82. The van der Waals surface area contributed by atoms with Crippen LogP contribution in [-0.4, -0.2) is 30.1 Å². The van der Waals surface area contributed by atoms with Crippen molar-refractivity contribution in [2.75, 3.05) is 7.11 Å². The molecule has 1 amide bonds. The van der Waals surface area contributed by atoms with Crippen LogP contribution in [0.25, 0.3) is 0 Å². The number of esters is 1. The van der Waals surface area contributed by atoms with Crippen molar-refractivity contribution < 1.29 is 19.4 Å². The van der Waals surface area contributed by atoms with Crippen molar-refractivity contribution in [2.45, 2.75) is 12.5 Å². The molecule has 2 aromatic carbocycles. The lowest BCUT2D eigenvalue weighted by Crippen LogP contribution is -2.43. The maximum Gasteiger partial charge on any atom is 0.328 e. The number of carbonyl (C=O) groups is 2. The predicted octanol–water partition coefficient (Wildman–Crippen LogP) is 2.09. The average molecular weight is 312 g/mol. The molecule has 0 bridgehead atoms. The number of benzene rings is 2. The highest BCUT2D eigenvalue weighted by molar-refractivity contribution is 5.96. The zero-order valence-electron chi connectivity index (χ0n) is 12.8. The smallest absolute Gasteiger partial charge is 0.328 e. The van der Waals surface area contributed by atoms with Gasteiger partial charge in [0.1, 0.15) is 11.8 Å². The molecule has 2 rings (SSSR count). The number of aromatic hydroxyl groups is 1. The summed E-state index contributed by atoms with van der Waals surface area (Å²) in [5, 5.41) is 12.0. The minimum Gasteiger partial charge on any atom is -0.508 e. The largest absolute Gasteiger partial charge is 0.508 e. The molecule has 1 atom stereocenters. The van der Waals surface area contributed by atoms with Gasteiger partial charge in [0.05, 0.1) is 7.11 Å². The van der Waals surface area contributed by atoms with Crippen LogP contribution >= 0.6 is 0 Å². The summed E-state index contributed by atoms with van der Waals surface area (Å²) in [6.45, 7) is 3.76. The van der Waals surface area contributed by atoms with Gasteiger partial charge in [-0.15, -0.1) is 0 Å². The number of hydrogen-bond acceptors (Lipinski definition) is 4. The van der Waals surface area contributed by atoms with Gasteiger partial charge in [0.2, 0.25) is 0 Å². The molecule has 0 saturated carbocycles. The van der Waals surface area contributed by atoms with E-state index in [-0.39, 0.29) is 18.1 Å². The van der Waals surface area contributed by atoms with Crippen LogP contribution in [0.1, 0.15) is 21.5 Å². The number of amides is 1. The van der Waals surface area contributed by atoms with Crippen LogP contribution in [0.15, 0.2) is 48.5 Å². The number of carbonyl (C=O) groups excluding carboxylic acids is 2. The van der Waals surface area contributed by atoms with Gasteiger partial charge >= 0.3 is 5.97 Å². The molecule has 0 aliphatic rings. The fourth-order valence-electron chi connectivity index (χ4n) is 2.10. The second kappa shape index (κ2) is 7.45. The first-order valence-electron chi connectivity index (χ1n) is 7.08. The van der Waals surface area contributed by atoms with Crippen molar-refractivity contribution in [3.05, 3.63) is 72.1 Å². The fraction of sp³-hybridized carbons (Fsp3) is 0.167. The molecule has 0 heterocycles. The summed E-state index contributed by atoms with van der Waals surface area (Å²) in [5.74, 6) is -0.750. The van der Waals surface area contributed by atoms with Crippen LogP contribution in [0.2, 0.25) is 0 Å². The van der Waals surface area contributed by atoms with Crippen LogP contribution in [0.4, 0.5) is 0 Å². The number of phenols is 1. The third-order valence-electron chi connectivity index (χ3n) is 3.38. The highest BCUT2D eigenvalue weighted by Crippen LogP contribution is 2.12. The Kier molecular flexibility index (Phi) is 5.36. The van der Waals surface area contributed by atoms with Crippen LogP contribution in [0.5, 0.6) is 5.75 Å². The van der Waals surface area contributed by atoms with Gasteiger partial charge in [-0.05, 0) is 42.3 Å². The van der Waals surface area contributed by atoms with E-state index in [9.17, 15) is 14.7 Å². The Morgan fingerprint density at radius 1 is 1.13 bits per heavy atom. The zero-order valence-corrected chi connectivity index (χ0v) is 12.8. The van der Waals surface area contributed by atoms with Gasteiger partial charge in [-0.2, -0.15) is 0 Å². The van der Waals surface area contributed by atoms with Crippen LogP contribution in [0.3, 0.4) is 0 Å². The maximum absolute atomic E-state index is 12.3. The molecule has 2 aromatic rings. The fourth-order valence-corrected chi connectivity index (χ4v) is 2.10. The normalized spacial score (nSPS) is 11.6. The molecule has 1 unspecified atom stereocenters. The Bertz CT molecular complexity index is 677. The Labute approximate surface area is 134 Å². The van der Waals surface area contributed by atoms with Crippen molar-refractivity contribution in [3.8, 4) is 5.75 Å². The molecule has 0 aromatic heterocycles. The number of hydrogen-bond donors (Lipinski definition) is 2. The molecule has 0 aliphatic heterocycles. The lowest BCUT2D eigenvalue weighted by molar-refractivity contribution is -0.142. The predicted molar refractivity (Wildman–Crippen MR) is 86.0 cm³/mol. The summed E-state index contributed by atoms with van der Waals surface area (Å²) in [7, 11) is 1.27. The average Bonchev–Trinajstić information content (AvgIpc) is 2.56. The first kappa shape index (κ1) is 16.5. The molecule has 119 valence electrons. The van der Waals surface area contributed by atoms with Crippen molar-refractivity contribution in [1.29, 1.82) is 0 Å².